The molecule has 3 rings (SSSR count). The molecule has 0 aliphatic heterocycles. The number of hydrogen-bond donors (Lipinski definition) is 2. The van der Waals surface area contributed by atoms with E-state index in [2.05, 4.69) is 10.3 Å². The third-order valence-corrected chi connectivity index (χ3v) is 4.62. The number of nitrogens with zero attached hydrogens (tertiary/aromatic N) is 1. The molecule has 1 aromatic heterocycles. The molecule has 1 atom stereocenters. The van der Waals surface area contributed by atoms with Crippen LogP contribution in [0.25, 0.3) is 0 Å². The Morgan fingerprint density at radius 3 is 2.45 bits per heavy atom. The van der Waals surface area contributed by atoms with Gasteiger partial charge in [-0.1, -0.05) is 30.3 Å². The van der Waals surface area contributed by atoms with E-state index >= 15 is 0 Å². The molecule has 146 valence electrons. The van der Waals surface area contributed by atoms with Crippen LogP contribution in [0.2, 0.25) is 0 Å². The average Bonchev–Trinajstić information content (AvgIpc) is 2.68. The zero-order valence-corrected chi connectivity index (χ0v) is 16.6. The number of ether oxygens (including phenoxy) is 1. The highest BCUT2D eigenvalue weighted by atomic mass is 35.5. The van der Waals surface area contributed by atoms with Gasteiger partial charge in [0.25, 0.3) is 16.7 Å². The fraction of sp³-hybridized carbons (Fsp3) is 0.136. The van der Waals surface area contributed by atoms with Crippen molar-refractivity contribution in [2.75, 3.05) is 0 Å². The number of pyridine rings is 1. The predicted molar refractivity (Wildman–Crippen MR) is 110 cm³/mol. The second kappa shape index (κ2) is 8.21. The fourth-order valence-corrected chi connectivity index (χ4v) is 3.40. The first kappa shape index (κ1) is 20.2. The number of amides is 1. The molecule has 2 aromatic carbocycles. The number of H-pyrrole nitrogens is 1. The molecule has 1 unspecified atom stereocenters. The van der Waals surface area contributed by atoms with Gasteiger partial charge in [-0.15, -0.1) is 0 Å². The van der Waals surface area contributed by atoms with Crippen LogP contribution >= 0.6 is 11.6 Å². The SMILES string of the molecule is Cc1cc(C)c(C(Cl)(NC(=O)c2ccccc2)Oc2ccccc2C#N)c(=O)[nH]1. The summed E-state index contributed by atoms with van der Waals surface area (Å²) in [5.41, 5.74) is 1.26. The van der Waals surface area contributed by atoms with E-state index in [0.717, 1.165) is 0 Å². The summed E-state index contributed by atoms with van der Waals surface area (Å²) in [7, 11) is 0. The largest absolute Gasteiger partial charge is 0.448 e. The van der Waals surface area contributed by atoms with Crippen molar-refractivity contribution in [3.8, 4) is 11.8 Å². The number of aromatic nitrogens is 1. The van der Waals surface area contributed by atoms with Gasteiger partial charge in [0.1, 0.15) is 17.4 Å². The summed E-state index contributed by atoms with van der Waals surface area (Å²) in [6.45, 7) is 3.44. The van der Waals surface area contributed by atoms with Crippen LogP contribution in [0.3, 0.4) is 0 Å². The second-order valence-corrected chi connectivity index (χ2v) is 7.00. The summed E-state index contributed by atoms with van der Waals surface area (Å²) in [4.78, 5) is 28.2. The Hall–Kier alpha value is -3.56. The number of halogens is 1. The summed E-state index contributed by atoms with van der Waals surface area (Å²) in [6.07, 6.45) is 0. The molecule has 7 heteroatoms. The van der Waals surface area contributed by atoms with Crippen molar-refractivity contribution < 1.29 is 9.53 Å². The van der Waals surface area contributed by atoms with Crippen LogP contribution in [0.1, 0.15) is 32.7 Å². The van der Waals surface area contributed by atoms with Crippen LogP contribution in [-0.4, -0.2) is 10.9 Å². The minimum absolute atomic E-state index is 0.0294. The Morgan fingerprint density at radius 2 is 1.79 bits per heavy atom. The highest BCUT2D eigenvalue weighted by Gasteiger charge is 2.39. The molecule has 0 aliphatic carbocycles. The molecule has 6 nitrogen and oxygen atoms in total. The van der Waals surface area contributed by atoms with Gasteiger partial charge in [-0.3, -0.25) is 14.9 Å². The highest BCUT2D eigenvalue weighted by Crippen LogP contribution is 2.32. The number of aryl methyl sites for hydroxylation is 2. The molecule has 2 N–H and O–H groups in total. The molecule has 29 heavy (non-hydrogen) atoms. The molecule has 0 spiro atoms. The molecule has 0 saturated carbocycles. The molecule has 0 bridgehead atoms. The number of alkyl halides is 1. The molecule has 0 fully saturated rings. The number of rotatable bonds is 5. The first-order valence-electron chi connectivity index (χ1n) is 8.79. The van der Waals surface area contributed by atoms with E-state index in [4.69, 9.17) is 16.3 Å². The number of aromatic amines is 1. The van der Waals surface area contributed by atoms with Crippen LogP contribution in [0, 0.1) is 25.2 Å². The smallest absolute Gasteiger partial charge is 0.293 e. The Morgan fingerprint density at radius 1 is 1.14 bits per heavy atom. The van der Waals surface area contributed by atoms with Crippen molar-refractivity contribution in [1.82, 2.24) is 10.3 Å². The van der Waals surface area contributed by atoms with Gasteiger partial charge in [0.05, 0.1) is 5.56 Å². The molecular weight excluding hydrogens is 390 g/mol. The third kappa shape index (κ3) is 4.31. The van der Waals surface area contributed by atoms with Crippen LogP contribution in [-0.2, 0) is 5.18 Å². The van der Waals surface area contributed by atoms with Gasteiger partial charge >= 0.3 is 0 Å². The Bertz CT molecular complexity index is 1150. The summed E-state index contributed by atoms with van der Waals surface area (Å²) >= 11 is 6.75. The van der Waals surface area contributed by atoms with E-state index in [-0.39, 0.29) is 16.9 Å². The maximum absolute atomic E-state index is 12.8. The second-order valence-electron chi connectivity index (χ2n) is 6.46. The van der Waals surface area contributed by atoms with Crippen LogP contribution in [0.15, 0.2) is 65.5 Å². The minimum Gasteiger partial charge on any atom is -0.448 e. The van der Waals surface area contributed by atoms with Gasteiger partial charge in [-0.2, -0.15) is 5.26 Å². The lowest BCUT2D eigenvalue weighted by atomic mass is 10.1. The number of nitrogens with one attached hydrogen (secondary N) is 2. The summed E-state index contributed by atoms with van der Waals surface area (Å²) in [5.74, 6) is -0.396. The van der Waals surface area contributed by atoms with E-state index in [9.17, 15) is 14.9 Å². The van der Waals surface area contributed by atoms with Gasteiger partial charge in [0.2, 0.25) is 0 Å². The number of nitriles is 1. The molecule has 1 heterocycles. The molecular formula is C22H18ClN3O3. The Kier molecular flexibility index (Phi) is 5.71. The number of para-hydroxylation sites is 1. The molecule has 0 aliphatic rings. The third-order valence-electron chi connectivity index (χ3n) is 4.26. The predicted octanol–water partition coefficient (Wildman–Crippen LogP) is 3.72. The van der Waals surface area contributed by atoms with Gasteiger partial charge in [-0.25, -0.2) is 0 Å². The quantitative estimate of drug-likeness (QED) is 0.383. The molecule has 0 radical (unpaired) electrons. The molecule has 1 amide bonds. The molecule has 3 aromatic rings. The van der Waals surface area contributed by atoms with E-state index in [1.165, 1.54) is 0 Å². The first-order valence-corrected chi connectivity index (χ1v) is 9.17. The zero-order chi connectivity index (χ0) is 21.0. The number of carbonyl (C=O) groups excluding carboxylic acids is 1. The van der Waals surface area contributed by atoms with Crippen molar-refractivity contribution in [3.05, 3.63) is 99.0 Å². The Balaban J connectivity index is 2.12. The number of benzene rings is 2. The van der Waals surface area contributed by atoms with Gasteiger partial charge in [0.15, 0.2) is 0 Å². The lowest BCUT2D eigenvalue weighted by molar-refractivity contribution is 0.0721. The monoisotopic (exact) mass is 407 g/mol. The Labute approximate surface area is 172 Å². The van der Waals surface area contributed by atoms with Crippen molar-refractivity contribution in [2.45, 2.75) is 19.0 Å². The topological polar surface area (TPSA) is 95.0 Å². The minimum atomic E-state index is -2.04. The first-order chi connectivity index (χ1) is 13.8. The average molecular weight is 408 g/mol. The zero-order valence-electron chi connectivity index (χ0n) is 15.8. The van der Waals surface area contributed by atoms with Crippen LogP contribution in [0.5, 0.6) is 5.75 Å². The fourth-order valence-electron chi connectivity index (χ4n) is 3.00. The van der Waals surface area contributed by atoms with Crippen LogP contribution in [0.4, 0.5) is 0 Å². The van der Waals surface area contributed by atoms with Crippen LogP contribution < -0.4 is 15.6 Å². The number of carbonyl (C=O) groups is 1. The maximum atomic E-state index is 12.8. The van der Waals surface area contributed by atoms with E-state index in [1.54, 1.807) is 74.5 Å². The molecule has 0 saturated heterocycles. The summed E-state index contributed by atoms with van der Waals surface area (Å²) in [6, 6.07) is 18.6. The van der Waals surface area contributed by atoms with Crippen molar-refractivity contribution in [2.24, 2.45) is 0 Å². The lowest BCUT2D eigenvalue weighted by Crippen LogP contribution is -2.49. The van der Waals surface area contributed by atoms with Gasteiger partial charge in [-0.05, 0) is 61.3 Å². The van der Waals surface area contributed by atoms with E-state index in [1.807, 2.05) is 6.07 Å². The van der Waals surface area contributed by atoms with Gasteiger partial charge in [0, 0.05) is 11.3 Å². The van der Waals surface area contributed by atoms with Crippen molar-refractivity contribution in [3.63, 3.8) is 0 Å². The van der Waals surface area contributed by atoms with Crippen molar-refractivity contribution in [1.29, 1.82) is 5.26 Å². The lowest BCUT2D eigenvalue weighted by Gasteiger charge is -2.30. The number of hydrogen-bond acceptors (Lipinski definition) is 4. The standard InChI is InChI=1S/C22H18ClN3O3/c1-14-12-15(2)25-21(28)19(14)22(23,26-20(27)16-8-4-3-5-9-16)29-18-11-7-6-10-17(18)13-24/h3-12H,1-2H3,(H,25,28)(H,26,27). The highest BCUT2D eigenvalue weighted by molar-refractivity contribution is 6.24. The van der Waals surface area contributed by atoms with E-state index in [0.29, 0.717) is 16.8 Å². The van der Waals surface area contributed by atoms with E-state index < -0.39 is 16.7 Å². The van der Waals surface area contributed by atoms with Crippen molar-refractivity contribution >= 4 is 17.5 Å². The van der Waals surface area contributed by atoms with Gasteiger partial charge < -0.3 is 9.72 Å². The summed E-state index contributed by atoms with van der Waals surface area (Å²) in [5, 5.41) is 9.93. The summed E-state index contributed by atoms with van der Waals surface area (Å²) < 4.78 is 5.89. The maximum Gasteiger partial charge on any atom is 0.293 e. The normalized spacial score (nSPS) is 12.5.